The molecule has 0 saturated carbocycles. The van der Waals surface area contributed by atoms with Gasteiger partial charge in [-0.2, -0.15) is 4.57 Å². The lowest BCUT2D eigenvalue weighted by Gasteiger charge is -2.50. The van der Waals surface area contributed by atoms with Gasteiger partial charge in [0.25, 0.3) is 11.8 Å². The van der Waals surface area contributed by atoms with Crippen LogP contribution in [0.1, 0.15) is 26.0 Å². The van der Waals surface area contributed by atoms with E-state index in [1.54, 1.807) is 6.20 Å². The van der Waals surface area contributed by atoms with Gasteiger partial charge >= 0.3 is 5.97 Å². The number of halogens is 1. The molecule has 3 aromatic heterocycles. The van der Waals surface area contributed by atoms with Crippen molar-refractivity contribution in [2.75, 3.05) is 25.1 Å². The van der Waals surface area contributed by atoms with Crippen molar-refractivity contribution in [1.29, 1.82) is 0 Å². The SMILES string of the molecule is CNCCCn1ccc2c1ccc[n+]2CC1=C(C(=O)[O-])N2C(=O)C(NC(=O)/C(=N\OC(C)(C)C(=O)O)c3nc(N)sc3Br)C2S(=O)C1. The van der Waals surface area contributed by atoms with Crippen LogP contribution in [0, 0.1) is 0 Å². The van der Waals surface area contributed by atoms with Crippen molar-refractivity contribution in [1.82, 2.24) is 25.1 Å². The number of nitrogens with zero attached hydrogens (tertiary/aromatic N) is 5. The van der Waals surface area contributed by atoms with Gasteiger partial charge in [0, 0.05) is 30.4 Å². The fraction of sp³-hybridized carbons (Fsp3) is 0.393. The summed E-state index contributed by atoms with van der Waals surface area (Å²) in [6, 6.07) is 4.29. The number of aromatic nitrogens is 3. The molecule has 2 amide bonds. The smallest absolute Gasteiger partial charge is 0.350 e. The summed E-state index contributed by atoms with van der Waals surface area (Å²) in [5.74, 6) is -5.02. The van der Waals surface area contributed by atoms with E-state index in [9.17, 15) is 33.6 Å². The van der Waals surface area contributed by atoms with Gasteiger partial charge < -0.3 is 40.8 Å². The third-order valence-electron chi connectivity index (χ3n) is 7.61. The molecule has 3 aromatic rings. The number of anilines is 1. The highest BCUT2D eigenvalue weighted by Crippen LogP contribution is 2.35. The van der Waals surface area contributed by atoms with Crippen LogP contribution in [-0.2, 0) is 47.9 Å². The van der Waals surface area contributed by atoms with Crippen LogP contribution in [0.3, 0.4) is 0 Å². The lowest BCUT2D eigenvalue weighted by atomic mass is 10.0. The van der Waals surface area contributed by atoms with E-state index in [1.807, 2.05) is 36.0 Å². The molecule has 2 aliphatic rings. The maximum atomic E-state index is 13.6. The molecular formula is C28H31BrN8O8S2. The molecule has 1 fully saturated rings. The molecular weight excluding hydrogens is 720 g/mol. The number of rotatable bonds is 13. The molecule has 3 unspecified atom stereocenters. The Morgan fingerprint density at radius 2 is 2.11 bits per heavy atom. The third kappa shape index (κ3) is 6.65. The van der Waals surface area contributed by atoms with E-state index in [2.05, 4.69) is 41.3 Å². The second-order valence-corrected chi connectivity index (χ2v) is 15.1. The van der Waals surface area contributed by atoms with E-state index in [4.69, 9.17) is 10.6 Å². The minimum absolute atomic E-state index is 0.0350. The molecule has 0 aromatic carbocycles. The summed E-state index contributed by atoms with van der Waals surface area (Å²) in [7, 11) is 0.0534. The predicted octanol–water partition coefficient (Wildman–Crippen LogP) is -0.957. The van der Waals surface area contributed by atoms with Crippen molar-refractivity contribution in [3.63, 3.8) is 0 Å². The average Bonchev–Trinajstić information content (AvgIpc) is 3.57. The molecule has 47 heavy (non-hydrogen) atoms. The van der Waals surface area contributed by atoms with Gasteiger partial charge in [-0.3, -0.25) is 18.7 Å². The molecule has 1 saturated heterocycles. The van der Waals surface area contributed by atoms with E-state index < -0.39 is 63.0 Å². The zero-order valence-corrected chi connectivity index (χ0v) is 28.6. The van der Waals surface area contributed by atoms with Crippen LogP contribution in [0.2, 0.25) is 0 Å². The number of fused-ring (bicyclic) bond motifs is 2. The number of hydrogen-bond acceptors (Lipinski definition) is 12. The van der Waals surface area contributed by atoms with Gasteiger partial charge in [0.05, 0.1) is 28.2 Å². The van der Waals surface area contributed by atoms with Crippen molar-refractivity contribution >= 4 is 83.7 Å². The average molecular weight is 752 g/mol. The lowest BCUT2D eigenvalue weighted by molar-refractivity contribution is -0.663. The van der Waals surface area contributed by atoms with Crippen LogP contribution < -0.4 is 26.0 Å². The van der Waals surface area contributed by atoms with Gasteiger partial charge in [0.1, 0.15) is 26.4 Å². The number of carboxylic acids is 2. The summed E-state index contributed by atoms with van der Waals surface area (Å²) in [6.07, 6.45) is 4.62. The highest BCUT2D eigenvalue weighted by Gasteiger charge is 2.56. The minimum Gasteiger partial charge on any atom is -0.543 e. The number of nitrogens with two attached hydrogens (primary N) is 1. The molecule has 3 atom stereocenters. The van der Waals surface area contributed by atoms with Crippen molar-refractivity contribution < 1.29 is 43.0 Å². The summed E-state index contributed by atoms with van der Waals surface area (Å²) in [5.41, 5.74) is 4.91. The van der Waals surface area contributed by atoms with Crippen molar-refractivity contribution in [3.8, 4) is 0 Å². The zero-order chi connectivity index (χ0) is 34.2. The van der Waals surface area contributed by atoms with Crippen LogP contribution in [0.4, 0.5) is 5.13 Å². The molecule has 5 rings (SSSR count). The standard InChI is InChI=1S/C28H31BrN8O8S2/c1-28(2,26(42)43)45-34-18(17-21(29)46-27(30)33-17)22(38)32-19-23(39)37-20(25(40)41)14(13-47(44)24(19)37)12-36-9-4-6-15-16(36)7-11-35(15)10-5-8-31-3/h4,6-7,9,11,19,24,31H,5,8,10,12-13H2,1-3H3,(H4-,30,32,33,38,40,41,42,43)/b34-18-. The number of oxime groups is 1. The number of carboxylic acid groups (broad SMARTS) is 2. The second kappa shape index (κ2) is 13.5. The number of β-lactam (4-membered cyclic amide) rings is 1. The minimum atomic E-state index is -1.84. The molecule has 0 aliphatic carbocycles. The Morgan fingerprint density at radius 3 is 2.74 bits per heavy atom. The van der Waals surface area contributed by atoms with Crippen LogP contribution >= 0.6 is 27.3 Å². The van der Waals surface area contributed by atoms with Crippen molar-refractivity contribution in [3.05, 3.63) is 51.3 Å². The fourth-order valence-corrected chi connectivity index (χ4v) is 8.22. The summed E-state index contributed by atoms with van der Waals surface area (Å²) in [5, 5.41) is 30.0. The van der Waals surface area contributed by atoms with Crippen LogP contribution in [0.5, 0.6) is 0 Å². The molecule has 0 radical (unpaired) electrons. The Kier molecular flexibility index (Phi) is 9.81. The number of thiazole rings is 1. The Hall–Kier alpha value is -4.20. The number of aliphatic carboxylic acids is 2. The van der Waals surface area contributed by atoms with E-state index in [1.165, 1.54) is 13.8 Å². The van der Waals surface area contributed by atoms with E-state index >= 15 is 0 Å². The number of carbonyl (C=O) groups is 4. The number of carbonyl (C=O) groups excluding carboxylic acids is 3. The van der Waals surface area contributed by atoms with Gasteiger partial charge in [0.2, 0.25) is 11.1 Å². The second-order valence-electron chi connectivity index (χ2n) is 11.2. The van der Waals surface area contributed by atoms with Gasteiger partial charge in [0.15, 0.2) is 23.6 Å². The Labute approximate surface area is 282 Å². The molecule has 2 aliphatic heterocycles. The normalized spacial score (nSPS) is 19.8. The highest BCUT2D eigenvalue weighted by molar-refractivity contribution is 9.11. The Balaban J connectivity index is 1.41. The van der Waals surface area contributed by atoms with Crippen LogP contribution in [0.15, 0.2) is 50.8 Å². The number of hydrogen-bond donors (Lipinski definition) is 4. The first-order valence-corrected chi connectivity index (χ1v) is 17.2. The topological polar surface area (TPSA) is 225 Å². The van der Waals surface area contributed by atoms with Gasteiger partial charge in [-0.05, 0) is 55.9 Å². The summed E-state index contributed by atoms with van der Waals surface area (Å²) >= 11 is 4.20. The van der Waals surface area contributed by atoms with Crippen molar-refractivity contribution in [2.45, 2.75) is 50.4 Å². The first-order chi connectivity index (χ1) is 22.2. The fourth-order valence-electron chi connectivity index (χ4n) is 5.21. The maximum absolute atomic E-state index is 13.6. The van der Waals surface area contributed by atoms with Gasteiger partial charge in [-0.15, -0.1) is 0 Å². The summed E-state index contributed by atoms with van der Waals surface area (Å²) in [6.45, 7) is 4.07. The van der Waals surface area contributed by atoms with E-state index in [0.717, 1.165) is 46.8 Å². The molecule has 19 heteroatoms. The first-order valence-electron chi connectivity index (χ1n) is 14.2. The van der Waals surface area contributed by atoms with Crippen LogP contribution in [0.25, 0.3) is 11.0 Å². The molecule has 5 heterocycles. The van der Waals surface area contributed by atoms with Crippen molar-refractivity contribution in [2.24, 2.45) is 5.16 Å². The number of aryl methyl sites for hydroxylation is 1. The zero-order valence-electron chi connectivity index (χ0n) is 25.4. The number of amides is 2. The molecule has 0 spiro atoms. The first kappa shape index (κ1) is 34.1. The Bertz CT molecular complexity index is 1870. The third-order valence-corrected chi connectivity index (χ3v) is 10.8. The molecule has 0 bridgehead atoms. The van der Waals surface area contributed by atoms with Gasteiger partial charge in [-0.1, -0.05) is 16.5 Å². The highest BCUT2D eigenvalue weighted by atomic mass is 79.9. The Morgan fingerprint density at radius 1 is 1.36 bits per heavy atom. The van der Waals surface area contributed by atoms with Crippen LogP contribution in [-0.4, -0.2) is 89.6 Å². The monoisotopic (exact) mass is 750 g/mol. The summed E-state index contributed by atoms with van der Waals surface area (Å²) < 4.78 is 17.7. The summed E-state index contributed by atoms with van der Waals surface area (Å²) in [4.78, 5) is 60.9. The quantitative estimate of drug-likeness (QED) is 0.0547. The number of nitrogens with one attached hydrogen (secondary N) is 2. The molecule has 16 nitrogen and oxygen atoms in total. The molecule has 250 valence electrons. The predicted molar refractivity (Wildman–Crippen MR) is 172 cm³/mol. The maximum Gasteiger partial charge on any atom is 0.350 e. The van der Waals surface area contributed by atoms with Gasteiger partial charge in [-0.25, -0.2) is 9.78 Å². The molecule has 5 N–H and O–H groups in total. The lowest BCUT2D eigenvalue weighted by Crippen LogP contribution is -2.74. The van der Waals surface area contributed by atoms with E-state index in [-0.39, 0.29) is 32.5 Å². The number of nitrogen functional groups attached to an aromatic ring is 1. The largest absolute Gasteiger partial charge is 0.543 e. The van der Waals surface area contributed by atoms with E-state index in [0.29, 0.717) is 0 Å². The number of pyridine rings is 1.